The van der Waals surface area contributed by atoms with Gasteiger partial charge in [0.05, 0.1) is 16.6 Å². The number of thiophene rings is 2. The summed E-state index contributed by atoms with van der Waals surface area (Å²) in [5.74, 6) is 0. The Morgan fingerprint density at radius 3 is 1.20 bits per heavy atom. The van der Waals surface area contributed by atoms with E-state index in [4.69, 9.17) is 8.83 Å². The SMILES string of the molecule is CC(C)(C)c1ccc(-c2ccc(N(c3ccccc3)c3ccccc3)cc2)cc1.CC(C)(C)c1ccc2c(c1)c1c(n2-c2ccccc2)C=CCC1.CC(C)(C)c1ccc2c3ccccc3n(-c3ccccc3)c2c1.CC(C)(C)c1ccc2oc3ccccc3c2c1.CC(C)(C)c1ccc2sc3ccccc3c2c1.CC(C)(C)c1cccc2c1oc1ccccc12.CC(C)(C)c1cccc2c1sc1ccccc12. The van der Waals surface area contributed by atoms with E-state index in [1.54, 1.807) is 0 Å². The number of hydrogen-bond acceptors (Lipinski definition) is 5. The van der Waals surface area contributed by atoms with Gasteiger partial charge in [0, 0.05) is 118 Å². The summed E-state index contributed by atoms with van der Waals surface area (Å²) in [4.78, 5) is 2.28. The summed E-state index contributed by atoms with van der Waals surface area (Å²) < 4.78 is 22.2. The van der Waals surface area contributed by atoms with Gasteiger partial charge < -0.3 is 22.9 Å². The minimum Gasteiger partial charge on any atom is -0.456 e. The molecule has 7 heteroatoms. The molecule has 23 aromatic rings. The fraction of sp³-hybridized carbons (Fsp3) is 0.221. The second-order valence-electron chi connectivity index (χ2n) is 45.2. The Kier molecular flexibility index (Phi) is 28.0. The molecular weight excluding hydrogens is 1770 g/mol. The zero-order valence-corrected chi connectivity index (χ0v) is 88.8. The highest BCUT2D eigenvalue weighted by Crippen LogP contribution is 2.46. The van der Waals surface area contributed by atoms with Gasteiger partial charge in [-0.3, -0.25) is 0 Å². The van der Waals surface area contributed by atoms with Gasteiger partial charge in [-0.25, -0.2) is 0 Å². The summed E-state index contributed by atoms with van der Waals surface area (Å²) in [7, 11) is 0. The van der Waals surface area contributed by atoms with Crippen LogP contribution in [0.25, 0.3) is 146 Å². The molecule has 143 heavy (non-hydrogen) atoms. The maximum atomic E-state index is 6.01. The van der Waals surface area contributed by atoms with Gasteiger partial charge in [0.1, 0.15) is 22.3 Å². The first-order valence-corrected chi connectivity index (χ1v) is 52.3. The van der Waals surface area contributed by atoms with E-state index in [0.717, 1.165) is 52.2 Å². The first-order valence-electron chi connectivity index (χ1n) is 50.6. The molecule has 0 aliphatic heterocycles. The number of benzene rings is 17. The molecule has 0 fully saturated rings. The number of anilines is 3. The van der Waals surface area contributed by atoms with Gasteiger partial charge in [-0.2, -0.15) is 0 Å². The van der Waals surface area contributed by atoms with Gasteiger partial charge in [-0.05, 0) is 240 Å². The molecule has 17 aromatic carbocycles. The van der Waals surface area contributed by atoms with Gasteiger partial charge in [0.25, 0.3) is 0 Å². The fourth-order valence-corrected chi connectivity index (χ4v) is 22.0. The van der Waals surface area contributed by atoms with Gasteiger partial charge in [-0.15, -0.1) is 22.7 Å². The van der Waals surface area contributed by atoms with Crippen LogP contribution in [-0.4, -0.2) is 9.13 Å². The molecule has 0 N–H and O–H groups in total. The number of furan rings is 2. The number of aryl methyl sites for hydroxylation is 1. The molecule has 0 atom stereocenters. The zero-order chi connectivity index (χ0) is 100. The maximum Gasteiger partial charge on any atom is 0.139 e. The normalized spacial score (nSPS) is 12.4. The van der Waals surface area contributed by atoms with E-state index in [1.165, 1.54) is 167 Å². The van der Waals surface area contributed by atoms with Gasteiger partial charge in [0.15, 0.2) is 0 Å². The molecule has 1 aliphatic rings. The summed E-state index contributed by atoms with van der Waals surface area (Å²) >= 11 is 3.80. The summed E-state index contributed by atoms with van der Waals surface area (Å²) in [6, 6.07) is 143. The van der Waals surface area contributed by atoms with Crippen molar-refractivity contribution in [3.8, 4) is 22.5 Å². The fourth-order valence-electron chi connectivity index (χ4n) is 19.5. The van der Waals surface area contributed by atoms with Crippen molar-refractivity contribution in [3.63, 3.8) is 0 Å². The lowest BCUT2D eigenvalue weighted by molar-refractivity contribution is 0.573. The summed E-state index contributed by atoms with van der Waals surface area (Å²) in [6.45, 7) is 47.4. The van der Waals surface area contributed by atoms with Crippen LogP contribution in [0.1, 0.15) is 202 Å². The first-order chi connectivity index (χ1) is 68.4. The lowest BCUT2D eigenvalue weighted by Gasteiger charge is -2.25. The first kappa shape index (κ1) is 98.8. The lowest BCUT2D eigenvalue weighted by Crippen LogP contribution is -2.10. The number of hydrogen-bond donors (Lipinski definition) is 0. The van der Waals surface area contributed by atoms with Crippen LogP contribution < -0.4 is 4.90 Å². The molecule has 0 saturated heterocycles. The van der Waals surface area contributed by atoms with E-state index in [9.17, 15) is 0 Å². The van der Waals surface area contributed by atoms with E-state index in [0.29, 0.717) is 0 Å². The molecule has 24 rings (SSSR count). The second kappa shape index (κ2) is 40.6. The Morgan fingerprint density at radius 2 is 0.629 bits per heavy atom. The second-order valence-corrected chi connectivity index (χ2v) is 47.3. The van der Waals surface area contributed by atoms with Crippen molar-refractivity contribution in [2.75, 3.05) is 4.90 Å². The van der Waals surface area contributed by atoms with E-state index >= 15 is 0 Å². The highest BCUT2D eigenvalue weighted by molar-refractivity contribution is 7.26. The van der Waals surface area contributed by atoms with Crippen LogP contribution in [0.4, 0.5) is 17.1 Å². The van der Waals surface area contributed by atoms with E-state index in [2.05, 4.69) is 548 Å². The minimum atomic E-state index is 0.105. The van der Waals surface area contributed by atoms with E-state index in [1.807, 2.05) is 46.9 Å². The van der Waals surface area contributed by atoms with Crippen LogP contribution >= 0.6 is 22.7 Å². The van der Waals surface area contributed by atoms with Crippen molar-refractivity contribution < 1.29 is 8.83 Å². The number of allylic oxidation sites excluding steroid dienone is 1. The number of rotatable bonds is 6. The van der Waals surface area contributed by atoms with Crippen LogP contribution in [0.2, 0.25) is 0 Å². The van der Waals surface area contributed by atoms with Gasteiger partial charge in [0.2, 0.25) is 0 Å². The molecule has 0 amide bonds. The van der Waals surface area contributed by atoms with Crippen LogP contribution in [0.15, 0.2) is 415 Å². The van der Waals surface area contributed by atoms with Crippen molar-refractivity contribution in [2.24, 2.45) is 0 Å². The molecule has 5 nitrogen and oxygen atoms in total. The third kappa shape index (κ3) is 21.6. The van der Waals surface area contributed by atoms with Crippen molar-refractivity contribution in [3.05, 3.63) is 457 Å². The third-order valence-electron chi connectivity index (χ3n) is 27.5. The van der Waals surface area contributed by atoms with Crippen LogP contribution in [0, 0.1) is 0 Å². The Balaban J connectivity index is 0.000000111. The molecule has 0 unspecified atom stereocenters. The predicted octanol–water partition coefficient (Wildman–Crippen LogP) is 40.6. The summed E-state index contributed by atoms with van der Waals surface area (Å²) in [5, 5.41) is 14.5. The Morgan fingerprint density at radius 1 is 0.245 bits per heavy atom. The highest BCUT2D eigenvalue weighted by Gasteiger charge is 2.27. The monoisotopic (exact) mass is 1910 g/mol. The van der Waals surface area contributed by atoms with Crippen molar-refractivity contribution in [1.82, 2.24) is 9.13 Å². The lowest BCUT2D eigenvalue weighted by atomic mass is 9.86. The number of fused-ring (bicyclic) bond motifs is 18. The highest BCUT2D eigenvalue weighted by atomic mass is 32.1. The number of nitrogens with zero attached hydrogens (tertiary/aromatic N) is 3. The molecule has 6 heterocycles. The smallest absolute Gasteiger partial charge is 0.139 e. The molecule has 0 spiro atoms. The summed E-state index contributed by atoms with van der Waals surface area (Å²) in [6.07, 6.45) is 6.87. The maximum absolute atomic E-state index is 6.01. The van der Waals surface area contributed by atoms with Crippen molar-refractivity contribution in [1.29, 1.82) is 0 Å². The Hall–Kier alpha value is -14.3. The average molecular weight is 1910 g/mol. The topological polar surface area (TPSA) is 39.4 Å². The third-order valence-corrected chi connectivity index (χ3v) is 29.9. The van der Waals surface area contributed by atoms with E-state index in [-0.39, 0.29) is 37.9 Å². The van der Waals surface area contributed by atoms with Crippen LogP contribution in [0.3, 0.4) is 0 Å². The van der Waals surface area contributed by atoms with Crippen LogP contribution in [0.5, 0.6) is 0 Å². The molecule has 0 bridgehead atoms. The Labute approximate surface area is 854 Å². The minimum absolute atomic E-state index is 0.105. The van der Waals surface area contributed by atoms with Crippen molar-refractivity contribution >= 4 is 163 Å². The largest absolute Gasteiger partial charge is 0.456 e. The molecule has 6 aromatic heterocycles. The van der Waals surface area contributed by atoms with Gasteiger partial charge in [-0.1, -0.05) is 418 Å². The quantitative estimate of drug-likeness (QED) is 0.167. The van der Waals surface area contributed by atoms with E-state index < -0.39 is 0 Å². The van der Waals surface area contributed by atoms with Gasteiger partial charge >= 0.3 is 0 Å². The van der Waals surface area contributed by atoms with Crippen LogP contribution in [-0.2, 0) is 44.3 Å². The molecule has 1 aliphatic carbocycles. The zero-order valence-electron chi connectivity index (χ0n) is 87.1. The molecule has 0 radical (unpaired) electrons. The standard InChI is InChI=1S/C28H27N.C22H23N.C22H21N.2C16H16O.2C16H16S/c1-28(2,3)24-18-14-22(15-19-24)23-16-20-27(21-17-23)29(25-10-6-4-7-11-25)26-12-8-5-9-13-26;1-22(2,3)16-13-14-21-19(15-16)18-11-7-8-12-20(18)23(21)17-9-5-4-6-10-17;1-22(2,3)16-13-14-19-18-11-7-8-12-20(18)23(21(19)15-16)17-9-5-4-6-10-17;1-16(2,3)13-9-6-8-12-11-7-4-5-10-14(11)17-15(12)13;1-16(2,3)11-8-9-15-13(10-11)12-6-4-5-7-14(12)17-15;1-16(2,3)13-9-6-8-12-11-7-4-5-10-14(11)17-15(12)13;1-16(2,3)11-8-9-15-13(10-11)12-6-4-5-7-14(12)17-15/h4-21H,1-3H3;4-6,8-10,12-15H,7,11H2,1-3H3;4-15H,1-3H3;4*4-10H,1-3H3. The predicted molar refractivity (Wildman–Crippen MR) is 625 cm³/mol. The Bertz CT molecular complexity index is 8130. The average Bonchev–Trinajstić information content (AvgIpc) is 1.58. The molecule has 718 valence electrons. The molecule has 0 saturated carbocycles. The summed E-state index contributed by atoms with van der Waals surface area (Å²) in [5.41, 5.74) is 29.9. The molecular formula is C136H135N3O2S2. The number of para-hydroxylation sites is 8. The number of aromatic nitrogens is 2. The van der Waals surface area contributed by atoms with Crippen molar-refractivity contribution in [2.45, 2.75) is 196 Å².